The average Bonchev–Trinajstić information content (AvgIpc) is 2.48. The molecule has 1 rings (SSSR count). The maximum Gasteiger partial charge on any atom is 0.0514 e. The molecule has 0 radical (unpaired) electrons. The molecule has 1 aromatic carbocycles. The van der Waals surface area contributed by atoms with Crippen molar-refractivity contribution in [1.29, 1.82) is 0 Å². The molecule has 0 amide bonds. The van der Waals surface area contributed by atoms with E-state index in [0.29, 0.717) is 0 Å². The highest BCUT2D eigenvalue weighted by atomic mass is 32.2. The van der Waals surface area contributed by atoms with E-state index in [1.807, 2.05) is 7.05 Å². The van der Waals surface area contributed by atoms with E-state index in [9.17, 15) is 4.21 Å². The van der Waals surface area contributed by atoms with Crippen molar-refractivity contribution in [3.8, 4) is 0 Å². The highest BCUT2D eigenvalue weighted by Gasteiger charge is 2.22. The fourth-order valence-electron chi connectivity index (χ4n) is 2.47. The van der Waals surface area contributed by atoms with Gasteiger partial charge >= 0.3 is 0 Å². The first kappa shape index (κ1) is 17.4. The lowest BCUT2D eigenvalue weighted by molar-refractivity contribution is 0.568. The normalized spacial score (nSPS) is 15.8. The van der Waals surface area contributed by atoms with E-state index in [0.717, 1.165) is 18.6 Å². The largest absolute Gasteiger partial charge is 0.312 e. The summed E-state index contributed by atoms with van der Waals surface area (Å²) in [5.74, 6) is 0.820. The average molecular weight is 295 g/mol. The maximum absolute atomic E-state index is 12.4. The molecule has 0 spiro atoms. The van der Waals surface area contributed by atoms with Crippen molar-refractivity contribution in [2.24, 2.45) is 0 Å². The topological polar surface area (TPSA) is 29.1 Å². The van der Waals surface area contributed by atoms with Crippen molar-refractivity contribution in [1.82, 2.24) is 5.32 Å². The molecule has 2 nitrogen and oxygen atoms in total. The van der Waals surface area contributed by atoms with E-state index in [4.69, 9.17) is 0 Å². The van der Waals surface area contributed by atoms with Crippen molar-refractivity contribution < 1.29 is 4.21 Å². The smallest absolute Gasteiger partial charge is 0.0514 e. The first-order valence-electron chi connectivity index (χ1n) is 7.77. The molecular weight excluding hydrogens is 266 g/mol. The standard InChI is InChI=1S/C17H29NOS/c1-5-7-8-13-20(19)14(3)17(18-4)16-11-9-15(6-2)10-12-16/h9-12,14,17-18H,5-8,13H2,1-4H3. The minimum absolute atomic E-state index is 0.143. The van der Waals surface area contributed by atoms with Crippen LogP contribution >= 0.6 is 0 Å². The third kappa shape index (κ3) is 5.02. The zero-order chi connectivity index (χ0) is 15.0. The van der Waals surface area contributed by atoms with Gasteiger partial charge in [0.05, 0.1) is 5.25 Å². The summed E-state index contributed by atoms with van der Waals surface area (Å²) in [6.07, 6.45) is 4.48. The Balaban J connectivity index is 2.70. The van der Waals surface area contributed by atoms with Gasteiger partial charge in [-0.05, 0) is 37.9 Å². The number of benzene rings is 1. The van der Waals surface area contributed by atoms with E-state index in [2.05, 4.69) is 50.4 Å². The zero-order valence-electron chi connectivity index (χ0n) is 13.3. The highest BCUT2D eigenvalue weighted by molar-refractivity contribution is 7.85. The van der Waals surface area contributed by atoms with Gasteiger partial charge in [0.15, 0.2) is 0 Å². The van der Waals surface area contributed by atoms with E-state index in [-0.39, 0.29) is 11.3 Å². The van der Waals surface area contributed by atoms with Crippen molar-refractivity contribution >= 4 is 10.8 Å². The number of hydrogen-bond acceptors (Lipinski definition) is 2. The molecule has 3 unspecified atom stereocenters. The lowest BCUT2D eigenvalue weighted by Gasteiger charge is -2.24. The number of hydrogen-bond donors (Lipinski definition) is 1. The maximum atomic E-state index is 12.4. The number of rotatable bonds is 9. The predicted molar refractivity (Wildman–Crippen MR) is 89.6 cm³/mol. The lowest BCUT2D eigenvalue weighted by Crippen LogP contribution is -2.31. The summed E-state index contributed by atoms with van der Waals surface area (Å²) < 4.78 is 12.4. The van der Waals surface area contributed by atoms with Crippen LogP contribution in [0.4, 0.5) is 0 Å². The summed E-state index contributed by atoms with van der Waals surface area (Å²) in [5, 5.41) is 3.48. The number of nitrogens with one attached hydrogen (secondary N) is 1. The van der Waals surface area contributed by atoms with Crippen LogP contribution in [0.2, 0.25) is 0 Å². The molecule has 0 saturated heterocycles. The molecule has 0 aliphatic heterocycles. The van der Waals surface area contributed by atoms with Gasteiger partial charge in [0, 0.05) is 22.6 Å². The molecule has 0 aliphatic rings. The molecule has 3 heteroatoms. The monoisotopic (exact) mass is 295 g/mol. The Morgan fingerprint density at radius 1 is 1.15 bits per heavy atom. The second kappa shape index (κ2) is 9.30. The first-order chi connectivity index (χ1) is 9.63. The zero-order valence-corrected chi connectivity index (χ0v) is 14.1. The predicted octanol–water partition coefficient (Wildman–Crippen LogP) is 3.84. The van der Waals surface area contributed by atoms with Gasteiger partial charge in [0.1, 0.15) is 0 Å². The van der Waals surface area contributed by atoms with Crippen LogP contribution in [0.3, 0.4) is 0 Å². The Labute approximate surface area is 126 Å². The van der Waals surface area contributed by atoms with Crippen molar-refractivity contribution in [3.63, 3.8) is 0 Å². The molecule has 1 aromatic rings. The van der Waals surface area contributed by atoms with Crippen LogP contribution in [0.25, 0.3) is 0 Å². The van der Waals surface area contributed by atoms with E-state index >= 15 is 0 Å². The van der Waals surface area contributed by atoms with Crippen molar-refractivity contribution in [2.75, 3.05) is 12.8 Å². The molecule has 0 bridgehead atoms. The molecule has 1 N–H and O–H groups in total. The Morgan fingerprint density at radius 3 is 2.30 bits per heavy atom. The van der Waals surface area contributed by atoms with Crippen LogP contribution in [-0.2, 0) is 17.2 Å². The van der Waals surface area contributed by atoms with Crippen LogP contribution in [0.15, 0.2) is 24.3 Å². The molecule has 114 valence electrons. The van der Waals surface area contributed by atoms with Crippen LogP contribution in [0.5, 0.6) is 0 Å². The fraction of sp³-hybridized carbons (Fsp3) is 0.647. The van der Waals surface area contributed by atoms with Gasteiger partial charge in [-0.15, -0.1) is 0 Å². The second-order valence-corrected chi connectivity index (χ2v) is 7.27. The summed E-state index contributed by atoms with van der Waals surface area (Å²) in [6, 6.07) is 8.85. The second-order valence-electron chi connectivity index (χ2n) is 5.36. The molecule has 0 saturated carbocycles. The Morgan fingerprint density at radius 2 is 1.80 bits per heavy atom. The van der Waals surface area contributed by atoms with Crippen LogP contribution in [-0.4, -0.2) is 22.3 Å². The summed E-state index contributed by atoms with van der Waals surface area (Å²) in [7, 11) is 1.19. The summed E-state index contributed by atoms with van der Waals surface area (Å²) in [4.78, 5) is 0. The Bertz CT molecular complexity index is 402. The summed E-state index contributed by atoms with van der Waals surface area (Å²) >= 11 is 0. The van der Waals surface area contributed by atoms with Gasteiger partial charge in [-0.1, -0.05) is 51.0 Å². The van der Waals surface area contributed by atoms with Gasteiger partial charge in [-0.3, -0.25) is 4.21 Å². The quantitative estimate of drug-likeness (QED) is 0.701. The molecule has 0 fully saturated rings. The van der Waals surface area contributed by atoms with Gasteiger partial charge in [-0.25, -0.2) is 0 Å². The first-order valence-corrected chi connectivity index (χ1v) is 9.15. The number of unbranched alkanes of at least 4 members (excludes halogenated alkanes) is 2. The summed E-state index contributed by atoms with van der Waals surface area (Å²) in [5.41, 5.74) is 2.58. The third-order valence-electron chi connectivity index (χ3n) is 3.89. The molecule has 3 atom stereocenters. The van der Waals surface area contributed by atoms with E-state index in [1.54, 1.807) is 0 Å². The minimum Gasteiger partial charge on any atom is -0.312 e. The van der Waals surface area contributed by atoms with E-state index in [1.165, 1.54) is 24.0 Å². The summed E-state index contributed by atoms with van der Waals surface area (Å²) in [6.45, 7) is 6.44. The Hall–Kier alpha value is -0.670. The molecule has 0 aromatic heterocycles. The van der Waals surface area contributed by atoms with Crippen LogP contribution in [0, 0.1) is 0 Å². The molecule has 20 heavy (non-hydrogen) atoms. The van der Waals surface area contributed by atoms with Gasteiger partial charge in [0.25, 0.3) is 0 Å². The molecular formula is C17H29NOS. The highest BCUT2D eigenvalue weighted by Crippen LogP contribution is 2.21. The number of aryl methyl sites for hydroxylation is 1. The molecule has 0 heterocycles. The van der Waals surface area contributed by atoms with Gasteiger partial charge < -0.3 is 5.32 Å². The van der Waals surface area contributed by atoms with Gasteiger partial charge in [-0.2, -0.15) is 0 Å². The van der Waals surface area contributed by atoms with Crippen molar-refractivity contribution in [2.45, 2.75) is 57.7 Å². The Kier molecular flexibility index (Phi) is 8.08. The van der Waals surface area contributed by atoms with Crippen LogP contribution in [0.1, 0.15) is 57.2 Å². The van der Waals surface area contributed by atoms with Gasteiger partial charge in [0.2, 0.25) is 0 Å². The van der Waals surface area contributed by atoms with E-state index < -0.39 is 10.8 Å². The van der Waals surface area contributed by atoms with Crippen LogP contribution < -0.4 is 5.32 Å². The van der Waals surface area contributed by atoms with Crippen molar-refractivity contribution in [3.05, 3.63) is 35.4 Å². The molecule has 0 aliphatic carbocycles. The minimum atomic E-state index is -0.766. The third-order valence-corrected chi connectivity index (χ3v) is 5.68. The fourth-order valence-corrected chi connectivity index (χ4v) is 3.92. The SMILES string of the molecule is CCCCCS(=O)C(C)C(NC)c1ccc(CC)cc1. The lowest BCUT2D eigenvalue weighted by atomic mass is 10.0.